The molecule has 4 heteroatoms. The van der Waals surface area contributed by atoms with Crippen LogP contribution >= 0.6 is 0 Å². The normalized spacial score (nSPS) is 30.7. The number of rotatable bonds is 2. The lowest BCUT2D eigenvalue weighted by molar-refractivity contribution is 0.139. The van der Waals surface area contributed by atoms with E-state index in [-0.39, 0.29) is 5.54 Å². The second-order valence-electron chi connectivity index (χ2n) is 5.72. The lowest BCUT2D eigenvalue weighted by atomic mass is 10.1. The summed E-state index contributed by atoms with van der Waals surface area (Å²) in [6.07, 6.45) is 2.69. The molecular weight excluding hydrogens is 208 g/mol. The Labute approximate surface area is 95.4 Å². The Balaban J connectivity index is 1.87. The summed E-state index contributed by atoms with van der Waals surface area (Å²) in [6, 6.07) is 0. The molecule has 0 aromatic heterocycles. The highest BCUT2D eigenvalue weighted by Gasteiger charge is 2.33. The predicted octanol–water partition coefficient (Wildman–Crippen LogP) is 1.43. The van der Waals surface area contributed by atoms with Crippen molar-refractivity contribution in [1.29, 1.82) is 0 Å². The molecule has 2 aliphatic rings. The van der Waals surface area contributed by atoms with Crippen molar-refractivity contribution in [1.82, 2.24) is 9.21 Å². The maximum absolute atomic E-state index is 12.0. The van der Waals surface area contributed by atoms with Crippen molar-refractivity contribution < 1.29 is 4.21 Å². The van der Waals surface area contributed by atoms with E-state index in [0.29, 0.717) is 0 Å². The van der Waals surface area contributed by atoms with Crippen molar-refractivity contribution in [3.63, 3.8) is 0 Å². The summed E-state index contributed by atoms with van der Waals surface area (Å²) >= 11 is 0. The van der Waals surface area contributed by atoms with E-state index >= 15 is 0 Å². The molecule has 0 N–H and O–H groups in total. The zero-order valence-electron chi connectivity index (χ0n) is 10.0. The molecule has 0 amide bonds. The Morgan fingerprint density at radius 2 is 1.93 bits per heavy atom. The molecule has 1 saturated heterocycles. The standard InChI is InChI=1S/C11H22N2OS/c1-11(2,3)12-6-7-13(15(14)9-12)8-10-4-5-10/h10H,4-9H2,1-3H3. The van der Waals surface area contributed by atoms with Gasteiger partial charge in [-0.1, -0.05) is 0 Å². The van der Waals surface area contributed by atoms with Crippen LogP contribution in [0.15, 0.2) is 0 Å². The maximum atomic E-state index is 12.0. The first-order valence-corrected chi connectivity index (χ1v) is 7.13. The molecule has 0 bridgehead atoms. The molecule has 0 spiro atoms. The molecule has 1 aliphatic heterocycles. The van der Waals surface area contributed by atoms with Crippen molar-refractivity contribution in [3.8, 4) is 0 Å². The van der Waals surface area contributed by atoms with Crippen LogP contribution < -0.4 is 0 Å². The molecule has 3 nitrogen and oxygen atoms in total. The van der Waals surface area contributed by atoms with E-state index in [2.05, 4.69) is 30.0 Å². The number of hydrogen-bond acceptors (Lipinski definition) is 2. The van der Waals surface area contributed by atoms with Crippen molar-refractivity contribution >= 4 is 11.0 Å². The van der Waals surface area contributed by atoms with Gasteiger partial charge in [0.25, 0.3) is 0 Å². The van der Waals surface area contributed by atoms with E-state index in [4.69, 9.17) is 0 Å². The lowest BCUT2D eigenvalue weighted by Gasteiger charge is -2.41. The SMILES string of the molecule is CC(C)(C)N1CCN(CC2CC2)S(=O)C1. The fourth-order valence-corrected chi connectivity index (χ4v) is 3.51. The third kappa shape index (κ3) is 3.02. The molecule has 1 saturated carbocycles. The minimum absolute atomic E-state index is 0.154. The lowest BCUT2D eigenvalue weighted by Crippen LogP contribution is -2.53. The van der Waals surface area contributed by atoms with Crippen LogP contribution in [0.3, 0.4) is 0 Å². The quantitative estimate of drug-likeness (QED) is 0.716. The second kappa shape index (κ2) is 4.15. The van der Waals surface area contributed by atoms with E-state index in [1.165, 1.54) is 12.8 Å². The predicted molar refractivity (Wildman–Crippen MR) is 63.8 cm³/mol. The van der Waals surface area contributed by atoms with Gasteiger partial charge in [0, 0.05) is 25.2 Å². The van der Waals surface area contributed by atoms with Crippen molar-refractivity contribution in [2.75, 3.05) is 25.5 Å². The van der Waals surface area contributed by atoms with Gasteiger partial charge in [-0.05, 0) is 39.5 Å². The average Bonchev–Trinajstić information content (AvgIpc) is 2.90. The van der Waals surface area contributed by atoms with Gasteiger partial charge in [-0.15, -0.1) is 0 Å². The Morgan fingerprint density at radius 1 is 1.27 bits per heavy atom. The topological polar surface area (TPSA) is 23.6 Å². The van der Waals surface area contributed by atoms with E-state index in [1.807, 2.05) is 0 Å². The zero-order valence-corrected chi connectivity index (χ0v) is 10.8. The summed E-state index contributed by atoms with van der Waals surface area (Å²) in [5.74, 6) is 1.56. The van der Waals surface area contributed by atoms with Crippen LogP contribution in [0.2, 0.25) is 0 Å². The molecule has 2 fully saturated rings. The van der Waals surface area contributed by atoms with E-state index in [1.54, 1.807) is 0 Å². The van der Waals surface area contributed by atoms with Gasteiger partial charge in [0.05, 0.1) is 5.88 Å². The summed E-state index contributed by atoms with van der Waals surface area (Å²) in [5.41, 5.74) is 0.154. The molecule has 1 heterocycles. The highest BCUT2D eigenvalue weighted by Crippen LogP contribution is 2.31. The molecule has 0 aromatic carbocycles. The molecule has 0 radical (unpaired) electrons. The van der Waals surface area contributed by atoms with Gasteiger partial charge in [0.1, 0.15) is 11.0 Å². The van der Waals surface area contributed by atoms with Crippen molar-refractivity contribution in [3.05, 3.63) is 0 Å². The highest BCUT2D eigenvalue weighted by molar-refractivity contribution is 7.82. The van der Waals surface area contributed by atoms with Crippen LogP contribution in [0.4, 0.5) is 0 Å². The Hall–Kier alpha value is 0.0700. The van der Waals surface area contributed by atoms with E-state index < -0.39 is 11.0 Å². The van der Waals surface area contributed by atoms with Crippen molar-refractivity contribution in [2.24, 2.45) is 5.92 Å². The first-order valence-electron chi connectivity index (χ1n) is 5.85. The summed E-state index contributed by atoms with van der Waals surface area (Å²) < 4.78 is 14.2. The zero-order chi connectivity index (χ0) is 11.1. The first-order chi connectivity index (χ1) is 6.97. The molecule has 2 rings (SSSR count). The van der Waals surface area contributed by atoms with Gasteiger partial charge in [-0.3, -0.25) is 4.90 Å². The van der Waals surface area contributed by atoms with Crippen LogP contribution in [-0.2, 0) is 11.0 Å². The fourth-order valence-electron chi connectivity index (χ4n) is 1.91. The Kier molecular flexibility index (Phi) is 3.20. The van der Waals surface area contributed by atoms with Gasteiger partial charge < -0.3 is 0 Å². The fraction of sp³-hybridized carbons (Fsp3) is 1.00. The molecule has 88 valence electrons. The maximum Gasteiger partial charge on any atom is 0.109 e. The monoisotopic (exact) mass is 230 g/mol. The van der Waals surface area contributed by atoms with Gasteiger partial charge in [0.2, 0.25) is 0 Å². The van der Waals surface area contributed by atoms with Crippen LogP contribution in [-0.4, -0.2) is 44.5 Å². The largest absolute Gasteiger partial charge is 0.285 e. The molecule has 1 atom stereocenters. The van der Waals surface area contributed by atoms with Crippen LogP contribution in [0.5, 0.6) is 0 Å². The summed E-state index contributed by atoms with van der Waals surface area (Å²) in [4.78, 5) is 2.33. The van der Waals surface area contributed by atoms with Crippen LogP contribution in [0, 0.1) is 5.92 Å². The highest BCUT2D eigenvalue weighted by atomic mass is 32.2. The Bertz CT molecular complexity index is 258. The summed E-state index contributed by atoms with van der Waals surface area (Å²) in [7, 11) is -0.776. The minimum atomic E-state index is -0.776. The van der Waals surface area contributed by atoms with E-state index in [0.717, 1.165) is 31.4 Å². The molecule has 1 unspecified atom stereocenters. The third-order valence-electron chi connectivity index (χ3n) is 3.28. The molecular formula is C11H22N2OS. The minimum Gasteiger partial charge on any atom is -0.285 e. The molecule has 1 aliphatic carbocycles. The summed E-state index contributed by atoms with van der Waals surface area (Å²) in [5, 5.41) is 0. The van der Waals surface area contributed by atoms with E-state index in [9.17, 15) is 4.21 Å². The Morgan fingerprint density at radius 3 is 2.40 bits per heavy atom. The van der Waals surface area contributed by atoms with Crippen LogP contribution in [0.25, 0.3) is 0 Å². The molecule has 15 heavy (non-hydrogen) atoms. The average molecular weight is 230 g/mol. The number of hydrogen-bond donors (Lipinski definition) is 0. The van der Waals surface area contributed by atoms with Gasteiger partial charge >= 0.3 is 0 Å². The van der Waals surface area contributed by atoms with Gasteiger partial charge in [0.15, 0.2) is 0 Å². The number of nitrogens with zero attached hydrogens (tertiary/aromatic N) is 2. The molecule has 0 aromatic rings. The van der Waals surface area contributed by atoms with Gasteiger partial charge in [-0.2, -0.15) is 0 Å². The van der Waals surface area contributed by atoms with Crippen molar-refractivity contribution in [2.45, 2.75) is 39.2 Å². The third-order valence-corrected chi connectivity index (χ3v) is 4.72. The van der Waals surface area contributed by atoms with Gasteiger partial charge in [-0.25, -0.2) is 8.51 Å². The smallest absolute Gasteiger partial charge is 0.109 e. The first kappa shape index (κ1) is 11.6. The summed E-state index contributed by atoms with van der Waals surface area (Å²) in [6.45, 7) is 9.68. The second-order valence-corrected chi connectivity index (χ2v) is 7.13. The van der Waals surface area contributed by atoms with Crippen LogP contribution in [0.1, 0.15) is 33.6 Å².